The molecule has 1 aromatic rings. The second-order valence-electron chi connectivity index (χ2n) is 2.66. The summed E-state index contributed by atoms with van der Waals surface area (Å²) in [6.45, 7) is 1.77. The lowest BCUT2D eigenvalue weighted by Crippen LogP contribution is -2.19. The molecular formula is C10H11N3O. The van der Waals surface area contributed by atoms with E-state index in [1.54, 1.807) is 18.2 Å². The van der Waals surface area contributed by atoms with E-state index in [0.717, 1.165) is 0 Å². The predicted octanol–water partition coefficient (Wildman–Crippen LogP) is 0.151. The first kappa shape index (κ1) is 10.1. The number of pyridine rings is 1. The maximum Gasteiger partial charge on any atom is 0.217 e. The van der Waals surface area contributed by atoms with Crippen LogP contribution in [0.15, 0.2) is 18.2 Å². The van der Waals surface area contributed by atoms with Gasteiger partial charge in [-0.15, -0.1) is 0 Å². The lowest BCUT2D eigenvalue weighted by molar-refractivity contribution is -0.118. The summed E-state index contributed by atoms with van der Waals surface area (Å²) >= 11 is 0. The number of hydrogen-bond donors (Lipinski definition) is 2. The molecule has 0 aliphatic rings. The summed E-state index contributed by atoms with van der Waals surface area (Å²) in [4.78, 5) is 14.5. The molecule has 4 heteroatoms. The molecule has 14 heavy (non-hydrogen) atoms. The van der Waals surface area contributed by atoms with Crippen molar-refractivity contribution in [3.63, 3.8) is 0 Å². The lowest BCUT2D eigenvalue weighted by atomic mass is 10.3. The van der Waals surface area contributed by atoms with E-state index in [1.165, 1.54) is 6.92 Å². The second kappa shape index (κ2) is 4.87. The number of anilines is 1. The lowest BCUT2D eigenvalue weighted by Gasteiger charge is -1.93. The molecule has 0 bridgehead atoms. The first-order chi connectivity index (χ1) is 6.68. The van der Waals surface area contributed by atoms with Crippen molar-refractivity contribution in [1.82, 2.24) is 10.3 Å². The molecule has 1 heterocycles. The Morgan fingerprint density at radius 2 is 2.43 bits per heavy atom. The predicted molar refractivity (Wildman–Crippen MR) is 54.2 cm³/mol. The Labute approximate surface area is 82.5 Å². The molecule has 0 aliphatic heterocycles. The maximum atomic E-state index is 10.5. The van der Waals surface area contributed by atoms with Crippen LogP contribution >= 0.6 is 0 Å². The van der Waals surface area contributed by atoms with E-state index in [9.17, 15) is 4.79 Å². The Kier molecular flexibility index (Phi) is 3.50. The third-order valence-corrected chi connectivity index (χ3v) is 1.41. The SMILES string of the molecule is CC(=O)NCC#Cc1cccc(N)n1. The second-order valence-corrected chi connectivity index (χ2v) is 2.66. The van der Waals surface area contributed by atoms with Gasteiger partial charge in [0.15, 0.2) is 0 Å². The molecule has 1 aromatic heterocycles. The molecular weight excluding hydrogens is 178 g/mol. The number of nitrogen functional groups attached to an aromatic ring is 1. The van der Waals surface area contributed by atoms with Crippen LogP contribution in [0.4, 0.5) is 5.82 Å². The number of rotatable bonds is 1. The molecule has 0 aromatic carbocycles. The largest absolute Gasteiger partial charge is 0.384 e. The van der Waals surface area contributed by atoms with E-state index in [0.29, 0.717) is 18.1 Å². The molecule has 0 radical (unpaired) electrons. The fourth-order valence-electron chi connectivity index (χ4n) is 0.825. The molecule has 1 amide bonds. The molecule has 0 aliphatic carbocycles. The van der Waals surface area contributed by atoms with Crippen LogP contribution in [0.3, 0.4) is 0 Å². The topological polar surface area (TPSA) is 68.0 Å². The minimum Gasteiger partial charge on any atom is -0.384 e. The van der Waals surface area contributed by atoms with Crippen LogP contribution < -0.4 is 11.1 Å². The number of carbonyl (C=O) groups is 1. The van der Waals surface area contributed by atoms with Gasteiger partial charge in [-0.05, 0) is 18.1 Å². The summed E-state index contributed by atoms with van der Waals surface area (Å²) in [6.07, 6.45) is 0. The zero-order valence-corrected chi connectivity index (χ0v) is 7.87. The first-order valence-electron chi connectivity index (χ1n) is 4.14. The highest BCUT2D eigenvalue weighted by atomic mass is 16.1. The third-order valence-electron chi connectivity index (χ3n) is 1.41. The van der Waals surface area contributed by atoms with Crippen LogP contribution in [0, 0.1) is 11.8 Å². The fraction of sp³-hybridized carbons (Fsp3) is 0.200. The average Bonchev–Trinajstić information content (AvgIpc) is 2.12. The standard InChI is InChI=1S/C10H11N3O/c1-8(14)12-7-3-5-9-4-2-6-10(11)13-9/h2,4,6H,7H2,1H3,(H2,11,13)(H,12,14). The van der Waals surface area contributed by atoms with Gasteiger partial charge >= 0.3 is 0 Å². The number of aromatic nitrogens is 1. The number of nitrogens with one attached hydrogen (secondary N) is 1. The smallest absolute Gasteiger partial charge is 0.217 e. The Bertz CT molecular complexity index is 390. The van der Waals surface area contributed by atoms with E-state index in [1.807, 2.05) is 0 Å². The average molecular weight is 189 g/mol. The van der Waals surface area contributed by atoms with Crippen LogP contribution in [0.25, 0.3) is 0 Å². The van der Waals surface area contributed by atoms with Crippen molar-refractivity contribution < 1.29 is 4.79 Å². The molecule has 1 rings (SSSR count). The van der Waals surface area contributed by atoms with E-state index in [2.05, 4.69) is 22.1 Å². The van der Waals surface area contributed by atoms with Gasteiger partial charge in [-0.3, -0.25) is 4.79 Å². The van der Waals surface area contributed by atoms with Gasteiger partial charge in [-0.25, -0.2) is 4.98 Å². The zero-order valence-electron chi connectivity index (χ0n) is 7.87. The monoisotopic (exact) mass is 189 g/mol. The summed E-state index contributed by atoms with van der Waals surface area (Å²) in [7, 11) is 0. The van der Waals surface area contributed by atoms with E-state index < -0.39 is 0 Å². The van der Waals surface area contributed by atoms with Crippen LogP contribution in [-0.2, 0) is 4.79 Å². The molecule has 0 spiro atoms. The van der Waals surface area contributed by atoms with Crippen molar-refractivity contribution in [1.29, 1.82) is 0 Å². The van der Waals surface area contributed by atoms with E-state index >= 15 is 0 Å². The van der Waals surface area contributed by atoms with Crippen molar-refractivity contribution in [2.45, 2.75) is 6.92 Å². The Hall–Kier alpha value is -2.02. The van der Waals surface area contributed by atoms with Crippen LogP contribution in [0.1, 0.15) is 12.6 Å². The minimum atomic E-state index is -0.0974. The number of nitrogens with zero attached hydrogens (tertiary/aromatic N) is 1. The van der Waals surface area contributed by atoms with Crippen LogP contribution in [0.2, 0.25) is 0 Å². The van der Waals surface area contributed by atoms with Gasteiger partial charge in [0, 0.05) is 6.92 Å². The quantitative estimate of drug-likeness (QED) is 0.618. The van der Waals surface area contributed by atoms with Crippen molar-refractivity contribution in [2.24, 2.45) is 0 Å². The number of carbonyl (C=O) groups excluding carboxylic acids is 1. The van der Waals surface area contributed by atoms with Crippen LogP contribution in [0.5, 0.6) is 0 Å². The molecule has 72 valence electrons. The summed E-state index contributed by atoms with van der Waals surface area (Å²) in [5, 5.41) is 2.56. The highest BCUT2D eigenvalue weighted by molar-refractivity contribution is 5.73. The van der Waals surface area contributed by atoms with Crippen LogP contribution in [-0.4, -0.2) is 17.4 Å². The number of nitrogens with two attached hydrogens (primary N) is 1. The minimum absolute atomic E-state index is 0.0974. The molecule has 3 N–H and O–H groups in total. The summed E-state index contributed by atoms with van der Waals surface area (Å²) in [6, 6.07) is 5.24. The van der Waals surface area contributed by atoms with Crippen molar-refractivity contribution >= 4 is 11.7 Å². The summed E-state index contributed by atoms with van der Waals surface area (Å²) < 4.78 is 0. The van der Waals surface area contributed by atoms with Gasteiger partial charge in [-0.1, -0.05) is 12.0 Å². The summed E-state index contributed by atoms with van der Waals surface area (Å²) in [5.41, 5.74) is 6.07. The first-order valence-corrected chi connectivity index (χ1v) is 4.14. The van der Waals surface area contributed by atoms with E-state index in [4.69, 9.17) is 5.73 Å². The number of hydrogen-bond acceptors (Lipinski definition) is 3. The molecule has 4 nitrogen and oxygen atoms in total. The molecule has 0 fully saturated rings. The highest BCUT2D eigenvalue weighted by Crippen LogP contribution is 1.97. The van der Waals surface area contributed by atoms with Gasteiger partial charge in [0.05, 0.1) is 6.54 Å². The number of amides is 1. The normalized spacial score (nSPS) is 8.64. The van der Waals surface area contributed by atoms with Gasteiger partial charge in [0.2, 0.25) is 5.91 Å². The van der Waals surface area contributed by atoms with E-state index in [-0.39, 0.29) is 5.91 Å². The maximum absolute atomic E-state index is 10.5. The molecule has 0 saturated heterocycles. The zero-order chi connectivity index (χ0) is 10.4. The highest BCUT2D eigenvalue weighted by Gasteiger charge is 1.88. The van der Waals surface area contributed by atoms with Gasteiger partial charge < -0.3 is 11.1 Å². The molecule has 0 saturated carbocycles. The molecule has 0 atom stereocenters. The summed E-state index contributed by atoms with van der Waals surface area (Å²) in [5.74, 6) is 5.89. The fourth-order valence-corrected chi connectivity index (χ4v) is 0.825. The Morgan fingerprint density at radius 3 is 3.07 bits per heavy atom. The Morgan fingerprint density at radius 1 is 1.64 bits per heavy atom. The van der Waals surface area contributed by atoms with Gasteiger partial charge in [-0.2, -0.15) is 0 Å². The van der Waals surface area contributed by atoms with Crippen molar-refractivity contribution in [3.8, 4) is 11.8 Å². The van der Waals surface area contributed by atoms with Gasteiger partial charge in [0.25, 0.3) is 0 Å². The van der Waals surface area contributed by atoms with Gasteiger partial charge in [0.1, 0.15) is 11.5 Å². The van der Waals surface area contributed by atoms with Crippen molar-refractivity contribution in [3.05, 3.63) is 23.9 Å². The molecule has 0 unspecified atom stereocenters. The Balaban J connectivity index is 2.55. The van der Waals surface area contributed by atoms with Crippen molar-refractivity contribution in [2.75, 3.05) is 12.3 Å². The third kappa shape index (κ3) is 3.59.